The molecule has 0 aliphatic rings. The molecular formula is C12H18ClFN2O. The van der Waals surface area contributed by atoms with Crippen molar-refractivity contribution < 1.29 is 9.13 Å². The Balaban J connectivity index is 2.95. The number of hydrogen-bond acceptors (Lipinski definition) is 3. The van der Waals surface area contributed by atoms with E-state index in [1.807, 2.05) is 6.92 Å². The van der Waals surface area contributed by atoms with Crippen molar-refractivity contribution in [2.24, 2.45) is 5.92 Å². The number of ether oxygens (including phenoxy) is 1. The molecule has 0 saturated carbocycles. The number of hydrogen-bond donors (Lipinski definition) is 2. The van der Waals surface area contributed by atoms with E-state index in [9.17, 15) is 4.39 Å². The molecule has 1 unspecified atom stereocenters. The second-order valence-corrected chi connectivity index (χ2v) is 4.95. The molecule has 0 aliphatic carbocycles. The highest BCUT2D eigenvalue weighted by atomic mass is 35.5. The highest BCUT2D eigenvalue weighted by Crippen LogP contribution is 2.36. The van der Waals surface area contributed by atoms with Crippen LogP contribution in [-0.4, -0.2) is 6.10 Å². The van der Waals surface area contributed by atoms with E-state index in [-0.39, 0.29) is 28.3 Å². The third-order valence-electron chi connectivity index (χ3n) is 2.34. The average molecular weight is 261 g/mol. The minimum absolute atomic E-state index is 0.0163. The number of anilines is 2. The molecule has 0 fully saturated rings. The number of nitrogen functional groups attached to an aromatic ring is 2. The number of benzene rings is 1. The van der Waals surface area contributed by atoms with Crippen LogP contribution in [-0.2, 0) is 0 Å². The molecule has 4 N–H and O–H groups in total. The molecule has 0 heterocycles. The van der Waals surface area contributed by atoms with Gasteiger partial charge >= 0.3 is 0 Å². The number of nitrogens with two attached hydrogens (primary N) is 2. The maximum Gasteiger partial charge on any atom is 0.187 e. The van der Waals surface area contributed by atoms with Gasteiger partial charge < -0.3 is 16.2 Å². The summed E-state index contributed by atoms with van der Waals surface area (Å²) in [6.07, 6.45) is 0.674. The summed E-state index contributed by atoms with van der Waals surface area (Å²) < 4.78 is 19.3. The van der Waals surface area contributed by atoms with Gasteiger partial charge in [-0.3, -0.25) is 0 Å². The van der Waals surface area contributed by atoms with Crippen LogP contribution in [0.25, 0.3) is 0 Å². The van der Waals surface area contributed by atoms with Crippen LogP contribution < -0.4 is 16.2 Å². The molecule has 5 heteroatoms. The molecule has 0 radical (unpaired) electrons. The zero-order chi connectivity index (χ0) is 13.2. The van der Waals surface area contributed by atoms with E-state index in [1.54, 1.807) is 0 Å². The molecule has 0 saturated heterocycles. The SMILES string of the molecule is CC(C)CC(C)Oc1c(N)cc(N)c(Cl)c1F. The lowest BCUT2D eigenvalue weighted by molar-refractivity contribution is 0.186. The van der Waals surface area contributed by atoms with Gasteiger partial charge in [-0.2, -0.15) is 0 Å². The average Bonchev–Trinajstić information content (AvgIpc) is 2.20. The largest absolute Gasteiger partial charge is 0.485 e. The fraction of sp³-hybridized carbons (Fsp3) is 0.500. The summed E-state index contributed by atoms with van der Waals surface area (Å²) in [6, 6.07) is 1.41. The Hall–Kier alpha value is -1.16. The predicted molar refractivity (Wildman–Crippen MR) is 69.8 cm³/mol. The van der Waals surface area contributed by atoms with Crippen LogP contribution in [0.3, 0.4) is 0 Å². The maximum absolute atomic E-state index is 13.8. The molecule has 0 bridgehead atoms. The molecule has 96 valence electrons. The van der Waals surface area contributed by atoms with E-state index >= 15 is 0 Å². The standard InChI is InChI=1S/C12H18ClFN2O/c1-6(2)4-7(3)17-12-9(16)5-8(15)10(13)11(12)14/h5-7H,4,15-16H2,1-3H3. The monoisotopic (exact) mass is 260 g/mol. The Kier molecular flexibility index (Phi) is 4.46. The van der Waals surface area contributed by atoms with Crippen LogP contribution in [0, 0.1) is 11.7 Å². The summed E-state index contributed by atoms with van der Waals surface area (Å²) in [5, 5.41) is -0.147. The van der Waals surface area contributed by atoms with Crippen LogP contribution in [0.5, 0.6) is 5.75 Å². The lowest BCUT2D eigenvalue weighted by Crippen LogP contribution is -2.16. The molecular weight excluding hydrogens is 243 g/mol. The molecule has 0 amide bonds. The van der Waals surface area contributed by atoms with Crippen molar-refractivity contribution in [3.8, 4) is 5.75 Å². The Morgan fingerprint density at radius 1 is 1.29 bits per heavy atom. The van der Waals surface area contributed by atoms with Crippen molar-refractivity contribution in [1.82, 2.24) is 0 Å². The first-order valence-electron chi connectivity index (χ1n) is 5.52. The summed E-state index contributed by atoms with van der Waals surface area (Å²) >= 11 is 5.71. The molecule has 1 rings (SSSR count). The topological polar surface area (TPSA) is 61.3 Å². The molecule has 0 aromatic heterocycles. The van der Waals surface area contributed by atoms with Gasteiger partial charge in [-0.05, 0) is 25.3 Å². The molecule has 0 aliphatic heterocycles. The van der Waals surface area contributed by atoms with E-state index in [0.717, 1.165) is 6.42 Å². The van der Waals surface area contributed by atoms with Gasteiger partial charge in [0.05, 0.1) is 17.5 Å². The zero-order valence-corrected chi connectivity index (χ0v) is 11.0. The quantitative estimate of drug-likeness (QED) is 0.815. The molecule has 17 heavy (non-hydrogen) atoms. The van der Waals surface area contributed by atoms with E-state index in [1.165, 1.54) is 6.07 Å². The number of halogens is 2. The normalized spacial score (nSPS) is 12.8. The predicted octanol–water partition coefficient (Wildman–Crippen LogP) is 3.46. The summed E-state index contributed by atoms with van der Waals surface area (Å²) in [7, 11) is 0. The Morgan fingerprint density at radius 3 is 2.41 bits per heavy atom. The Labute approximate surface area is 106 Å². The molecule has 1 aromatic carbocycles. The Bertz CT molecular complexity index is 410. The van der Waals surface area contributed by atoms with Crippen molar-refractivity contribution in [1.29, 1.82) is 0 Å². The van der Waals surface area contributed by atoms with Crippen LogP contribution >= 0.6 is 11.6 Å². The van der Waals surface area contributed by atoms with Crippen LogP contribution in [0.15, 0.2) is 6.07 Å². The molecule has 1 atom stereocenters. The van der Waals surface area contributed by atoms with Crippen molar-refractivity contribution in [3.05, 3.63) is 16.9 Å². The minimum Gasteiger partial charge on any atom is -0.485 e. The Morgan fingerprint density at radius 2 is 1.88 bits per heavy atom. The van der Waals surface area contributed by atoms with Crippen molar-refractivity contribution in [2.45, 2.75) is 33.3 Å². The second-order valence-electron chi connectivity index (χ2n) is 4.57. The zero-order valence-electron chi connectivity index (χ0n) is 10.3. The van der Waals surface area contributed by atoms with Gasteiger partial charge in [0.1, 0.15) is 5.02 Å². The fourth-order valence-electron chi connectivity index (χ4n) is 1.68. The maximum atomic E-state index is 13.8. The van der Waals surface area contributed by atoms with Crippen LogP contribution in [0.1, 0.15) is 27.2 Å². The first-order chi connectivity index (χ1) is 7.82. The van der Waals surface area contributed by atoms with Crippen molar-refractivity contribution >= 4 is 23.0 Å². The molecule has 0 spiro atoms. The highest BCUT2D eigenvalue weighted by Gasteiger charge is 2.18. The summed E-state index contributed by atoms with van der Waals surface area (Å²) in [5.41, 5.74) is 11.4. The van der Waals surface area contributed by atoms with Gasteiger partial charge in [0, 0.05) is 0 Å². The van der Waals surface area contributed by atoms with E-state index < -0.39 is 5.82 Å². The first-order valence-corrected chi connectivity index (χ1v) is 5.90. The third kappa shape index (κ3) is 3.40. The van der Waals surface area contributed by atoms with Crippen molar-refractivity contribution in [3.63, 3.8) is 0 Å². The van der Waals surface area contributed by atoms with E-state index in [0.29, 0.717) is 5.92 Å². The summed E-state index contributed by atoms with van der Waals surface area (Å²) in [5.74, 6) is -0.254. The van der Waals surface area contributed by atoms with Crippen LogP contribution in [0.2, 0.25) is 5.02 Å². The van der Waals surface area contributed by atoms with E-state index in [2.05, 4.69) is 13.8 Å². The summed E-state index contributed by atoms with van der Waals surface area (Å²) in [6.45, 7) is 5.99. The van der Waals surface area contributed by atoms with Gasteiger partial charge in [0.15, 0.2) is 11.6 Å². The van der Waals surface area contributed by atoms with Gasteiger partial charge in [-0.15, -0.1) is 0 Å². The smallest absolute Gasteiger partial charge is 0.187 e. The summed E-state index contributed by atoms with van der Waals surface area (Å²) in [4.78, 5) is 0. The molecule has 1 aromatic rings. The van der Waals surface area contributed by atoms with E-state index in [4.69, 9.17) is 27.8 Å². The fourth-order valence-corrected chi connectivity index (χ4v) is 1.82. The minimum atomic E-state index is -0.695. The second kappa shape index (κ2) is 5.45. The van der Waals surface area contributed by atoms with Gasteiger partial charge in [0.25, 0.3) is 0 Å². The lowest BCUT2D eigenvalue weighted by Gasteiger charge is -2.19. The van der Waals surface area contributed by atoms with Crippen molar-refractivity contribution in [2.75, 3.05) is 11.5 Å². The lowest BCUT2D eigenvalue weighted by atomic mass is 10.1. The third-order valence-corrected chi connectivity index (χ3v) is 2.73. The molecule has 3 nitrogen and oxygen atoms in total. The number of rotatable bonds is 4. The highest BCUT2D eigenvalue weighted by molar-refractivity contribution is 6.33. The van der Waals surface area contributed by atoms with Crippen LogP contribution in [0.4, 0.5) is 15.8 Å². The van der Waals surface area contributed by atoms with Gasteiger partial charge in [-0.25, -0.2) is 4.39 Å². The first kappa shape index (κ1) is 13.9. The van der Waals surface area contributed by atoms with Gasteiger partial charge in [0.2, 0.25) is 0 Å². The van der Waals surface area contributed by atoms with Gasteiger partial charge in [-0.1, -0.05) is 25.4 Å².